The molecule has 19 heavy (non-hydrogen) atoms. The van der Waals surface area contributed by atoms with Crippen LogP contribution in [0.1, 0.15) is 30.3 Å². The van der Waals surface area contributed by atoms with E-state index in [1.54, 1.807) is 7.05 Å². The molecular weight excluding hydrogens is 291 g/mol. The molecule has 0 aliphatic carbocycles. The van der Waals surface area contributed by atoms with Gasteiger partial charge in [0, 0.05) is 20.0 Å². The van der Waals surface area contributed by atoms with Crippen LogP contribution in [-0.4, -0.2) is 28.1 Å². The highest BCUT2D eigenvalue weighted by Gasteiger charge is 2.17. The molecule has 0 aliphatic heterocycles. The van der Waals surface area contributed by atoms with Crippen molar-refractivity contribution < 1.29 is 14.7 Å². The first-order valence-corrected chi connectivity index (χ1v) is 6.63. The minimum Gasteiger partial charge on any atom is -0.481 e. The Morgan fingerprint density at radius 3 is 2.53 bits per heavy atom. The Hall–Kier alpha value is -1.20. The van der Waals surface area contributed by atoms with Gasteiger partial charge in [-0.25, -0.2) is 0 Å². The molecule has 5 nitrogen and oxygen atoms in total. The van der Waals surface area contributed by atoms with Crippen molar-refractivity contribution in [2.45, 2.75) is 19.8 Å². The van der Waals surface area contributed by atoms with Gasteiger partial charge in [0.2, 0.25) is 0 Å². The number of carboxylic acids is 1. The Bertz CT molecular complexity index is 486. The molecule has 1 amide bonds. The Kier molecular flexibility index (Phi) is 5.69. The van der Waals surface area contributed by atoms with Crippen molar-refractivity contribution in [3.8, 4) is 0 Å². The van der Waals surface area contributed by atoms with Gasteiger partial charge in [-0.05, 0) is 12.0 Å². The highest BCUT2D eigenvalue weighted by molar-refractivity contribution is 6.41. The normalized spacial score (nSPS) is 12.2. The molecule has 1 rings (SSSR count). The molecule has 0 fully saturated rings. The third kappa shape index (κ3) is 4.14. The number of hydrogen-bond acceptors (Lipinski definition) is 2. The zero-order valence-corrected chi connectivity index (χ0v) is 12.3. The van der Waals surface area contributed by atoms with Gasteiger partial charge < -0.3 is 15.0 Å². The van der Waals surface area contributed by atoms with Crippen LogP contribution in [0.15, 0.2) is 6.07 Å². The lowest BCUT2D eigenvalue weighted by Crippen LogP contribution is -2.31. The molecule has 0 radical (unpaired) electrons. The summed E-state index contributed by atoms with van der Waals surface area (Å²) in [4.78, 5) is 22.6. The molecule has 1 unspecified atom stereocenters. The quantitative estimate of drug-likeness (QED) is 0.848. The second-order valence-corrected chi connectivity index (χ2v) is 5.07. The van der Waals surface area contributed by atoms with E-state index in [1.165, 1.54) is 10.6 Å². The van der Waals surface area contributed by atoms with Crippen molar-refractivity contribution in [3.05, 3.63) is 21.9 Å². The van der Waals surface area contributed by atoms with Gasteiger partial charge in [-0.1, -0.05) is 36.5 Å². The van der Waals surface area contributed by atoms with Crippen LogP contribution in [-0.2, 0) is 11.8 Å². The summed E-state index contributed by atoms with van der Waals surface area (Å²) < 4.78 is 1.48. The van der Waals surface area contributed by atoms with E-state index in [9.17, 15) is 9.59 Å². The topological polar surface area (TPSA) is 71.3 Å². The Labute approximate surface area is 121 Å². The maximum absolute atomic E-state index is 11.9. The Morgan fingerprint density at radius 1 is 1.47 bits per heavy atom. The third-order valence-electron chi connectivity index (χ3n) is 2.94. The lowest BCUT2D eigenvalue weighted by molar-refractivity contribution is -0.138. The molecule has 1 aromatic heterocycles. The zero-order chi connectivity index (χ0) is 14.6. The molecule has 0 spiro atoms. The Balaban J connectivity index is 2.64. The fourth-order valence-corrected chi connectivity index (χ4v) is 2.07. The predicted molar refractivity (Wildman–Crippen MR) is 73.8 cm³/mol. The molecule has 106 valence electrons. The summed E-state index contributed by atoms with van der Waals surface area (Å²) in [5.41, 5.74) is 0.347. The summed E-state index contributed by atoms with van der Waals surface area (Å²) in [7, 11) is 1.64. The van der Waals surface area contributed by atoms with Gasteiger partial charge in [-0.3, -0.25) is 9.59 Å². The Morgan fingerprint density at radius 2 is 2.11 bits per heavy atom. The van der Waals surface area contributed by atoms with Gasteiger partial charge in [0.15, 0.2) is 0 Å². The highest BCUT2D eigenvalue weighted by Crippen LogP contribution is 2.25. The number of amides is 1. The average molecular weight is 307 g/mol. The lowest BCUT2D eigenvalue weighted by Gasteiger charge is -2.13. The van der Waals surface area contributed by atoms with Gasteiger partial charge in [0.25, 0.3) is 5.91 Å². The van der Waals surface area contributed by atoms with Gasteiger partial charge in [0.05, 0.1) is 5.02 Å². The largest absolute Gasteiger partial charge is 0.481 e. The maximum atomic E-state index is 11.9. The summed E-state index contributed by atoms with van der Waals surface area (Å²) in [5.74, 6) is -1.28. The molecule has 2 N–H and O–H groups in total. The number of hydrogen-bond donors (Lipinski definition) is 2. The third-order valence-corrected chi connectivity index (χ3v) is 3.78. The average Bonchev–Trinajstić information content (AvgIpc) is 2.61. The number of carboxylic acid groups (broad SMARTS) is 1. The maximum Gasteiger partial charge on any atom is 0.303 e. The van der Waals surface area contributed by atoms with Crippen molar-refractivity contribution in [3.63, 3.8) is 0 Å². The van der Waals surface area contributed by atoms with Crippen LogP contribution in [0.5, 0.6) is 0 Å². The number of nitrogens with zero attached hydrogens (tertiary/aromatic N) is 1. The molecule has 0 saturated carbocycles. The van der Waals surface area contributed by atoms with Crippen molar-refractivity contribution >= 4 is 35.1 Å². The van der Waals surface area contributed by atoms with Crippen molar-refractivity contribution in [2.24, 2.45) is 13.0 Å². The number of halogens is 2. The van der Waals surface area contributed by atoms with E-state index in [4.69, 9.17) is 28.3 Å². The minimum atomic E-state index is -0.869. The van der Waals surface area contributed by atoms with Gasteiger partial charge in [-0.2, -0.15) is 0 Å². The highest BCUT2D eigenvalue weighted by atomic mass is 35.5. The van der Waals surface area contributed by atoms with E-state index in [0.717, 1.165) is 0 Å². The number of carbonyl (C=O) groups is 2. The second kappa shape index (κ2) is 6.82. The molecule has 0 saturated heterocycles. The minimum absolute atomic E-state index is 0.0332. The molecule has 0 aromatic carbocycles. The monoisotopic (exact) mass is 306 g/mol. The molecular formula is C12H16Cl2N2O3. The van der Waals surface area contributed by atoms with Crippen LogP contribution in [0.4, 0.5) is 0 Å². The SMILES string of the molecule is CCC(CNC(=O)c1cc(Cl)c(Cl)n1C)CC(=O)O. The van der Waals surface area contributed by atoms with Crippen molar-refractivity contribution in [1.82, 2.24) is 9.88 Å². The van der Waals surface area contributed by atoms with Crippen molar-refractivity contribution in [1.29, 1.82) is 0 Å². The van der Waals surface area contributed by atoms with E-state index < -0.39 is 5.97 Å². The first-order chi connectivity index (χ1) is 8.86. The number of aliphatic carboxylic acids is 1. The summed E-state index contributed by atoms with van der Waals surface area (Å²) in [6.07, 6.45) is 0.715. The van der Waals surface area contributed by atoms with Gasteiger partial charge in [-0.15, -0.1) is 0 Å². The summed E-state index contributed by atoms with van der Waals surface area (Å²) >= 11 is 11.7. The molecule has 0 bridgehead atoms. The van der Waals surface area contributed by atoms with E-state index in [1.807, 2.05) is 6.92 Å². The van der Waals surface area contributed by atoms with Gasteiger partial charge in [0.1, 0.15) is 10.8 Å². The molecule has 0 aliphatic rings. The molecule has 1 heterocycles. The molecule has 7 heteroatoms. The van der Waals surface area contributed by atoms with Crippen LogP contribution in [0.3, 0.4) is 0 Å². The fraction of sp³-hybridized carbons (Fsp3) is 0.500. The van der Waals surface area contributed by atoms with E-state index >= 15 is 0 Å². The van der Waals surface area contributed by atoms with Crippen LogP contribution in [0.25, 0.3) is 0 Å². The zero-order valence-electron chi connectivity index (χ0n) is 10.7. The molecule has 1 aromatic rings. The number of aromatic nitrogens is 1. The first kappa shape index (κ1) is 15.9. The number of rotatable bonds is 6. The van der Waals surface area contributed by atoms with Crippen molar-refractivity contribution in [2.75, 3.05) is 6.54 Å². The lowest BCUT2D eigenvalue weighted by atomic mass is 10.0. The smallest absolute Gasteiger partial charge is 0.303 e. The predicted octanol–water partition coefficient (Wildman–Crippen LogP) is 2.56. The van der Waals surface area contributed by atoms with Gasteiger partial charge >= 0.3 is 5.97 Å². The number of nitrogens with one attached hydrogen (secondary N) is 1. The summed E-state index contributed by atoms with van der Waals surface area (Å²) in [5, 5.41) is 12.0. The van der Waals surface area contributed by atoms with E-state index in [0.29, 0.717) is 28.8 Å². The summed E-state index contributed by atoms with van der Waals surface area (Å²) in [6.45, 7) is 2.19. The van der Waals surface area contributed by atoms with Crippen LogP contribution in [0, 0.1) is 5.92 Å². The fourth-order valence-electron chi connectivity index (χ4n) is 1.70. The standard InChI is InChI=1S/C12H16Cl2N2O3/c1-3-7(4-10(17)18)6-15-12(19)9-5-8(13)11(14)16(9)2/h5,7H,3-4,6H2,1-2H3,(H,15,19)(H,17,18). The van der Waals surface area contributed by atoms with Crippen LogP contribution < -0.4 is 5.32 Å². The molecule has 1 atom stereocenters. The van der Waals surface area contributed by atoms with E-state index in [-0.39, 0.29) is 18.2 Å². The van der Waals surface area contributed by atoms with Crippen LogP contribution in [0.2, 0.25) is 10.2 Å². The summed E-state index contributed by atoms with van der Waals surface area (Å²) in [6, 6.07) is 1.48. The number of carbonyl (C=O) groups excluding carboxylic acids is 1. The van der Waals surface area contributed by atoms with E-state index in [2.05, 4.69) is 5.32 Å². The van der Waals surface area contributed by atoms with Crippen LogP contribution >= 0.6 is 23.2 Å². The second-order valence-electron chi connectivity index (χ2n) is 4.31. The first-order valence-electron chi connectivity index (χ1n) is 5.87.